The fourth-order valence-electron chi connectivity index (χ4n) is 1.23. The monoisotopic (exact) mass is 198 g/mol. The Morgan fingerprint density at radius 3 is 2.14 bits per heavy atom. The molecular formula is C11H20NO2. The molecule has 0 bridgehead atoms. The molecule has 0 fully saturated rings. The molecule has 0 aliphatic carbocycles. The van der Waals surface area contributed by atoms with Crippen LogP contribution in [0.25, 0.3) is 0 Å². The number of carbonyl (C=O) groups excluding carboxylic acids is 2. The summed E-state index contributed by atoms with van der Waals surface area (Å²) in [6.45, 7) is 7.97. The van der Waals surface area contributed by atoms with E-state index in [1.54, 1.807) is 0 Å². The van der Waals surface area contributed by atoms with Gasteiger partial charge in [-0.2, -0.15) is 0 Å². The van der Waals surface area contributed by atoms with E-state index >= 15 is 0 Å². The predicted octanol–water partition coefficient (Wildman–Crippen LogP) is 1.67. The average Bonchev–Trinajstić information content (AvgIpc) is 2.00. The molecule has 1 atom stereocenters. The fourth-order valence-corrected chi connectivity index (χ4v) is 1.23. The number of rotatable bonds is 6. The highest BCUT2D eigenvalue weighted by Crippen LogP contribution is 2.04. The first-order valence-electron chi connectivity index (χ1n) is 5.12. The van der Waals surface area contributed by atoms with Crippen LogP contribution < -0.4 is 5.32 Å². The van der Waals surface area contributed by atoms with Crippen molar-refractivity contribution in [3.63, 3.8) is 0 Å². The van der Waals surface area contributed by atoms with Crippen LogP contribution in [0, 0.1) is 11.8 Å². The van der Waals surface area contributed by atoms with E-state index in [1.807, 2.05) is 34.0 Å². The summed E-state index contributed by atoms with van der Waals surface area (Å²) in [5.74, 6) is 0.649. The Hall–Kier alpha value is -0.860. The van der Waals surface area contributed by atoms with Crippen LogP contribution in [0.5, 0.6) is 0 Å². The first kappa shape index (κ1) is 13.1. The van der Waals surface area contributed by atoms with Crippen LogP contribution in [0.1, 0.15) is 40.5 Å². The van der Waals surface area contributed by atoms with Crippen LogP contribution in [-0.4, -0.2) is 18.2 Å². The molecule has 0 aromatic carbocycles. The van der Waals surface area contributed by atoms with Gasteiger partial charge in [0, 0.05) is 6.42 Å². The molecule has 14 heavy (non-hydrogen) atoms. The summed E-state index contributed by atoms with van der Waals surface area (Å²) in [6, 6.07) is -0.443. The van der Waals surface area contributed by atoms with Crippen molar-refractivity contribution in [3.05, 3.63) is 0 Å². The third-order valence-corrected chi connectivity index (χ3v) is 1.78. The normalized spacial score (nSPS) is 13.0. The largest absolute Gasteiger partial charge is 0.346 e. The predicted molar refractivity (Wildman–Crippen MR) is 56.5 cm³/mol. The lowest BCUT2D eigenvalue weighted by atomic mass is 10.0. The third-order valence-electron chi connectivity index (χ3n) is 1.78. The second kappa shape index (κ2) is 6.57. The molecule has 3 nitrogen and oxygen atoms in total. The molecule has 0 unspecified atom stereocenters. The van der Waals surface area contributed by atoms with Gasteiger partial charge < -0.3 is 5.32 Å². The van der Waals surface area contributed by atoms with E-state index in [4.69, 9.17) is 0 Å². The van der Waals surface area contributed by atoms with Gasteiger partial charge in [-0.05, 0) is 18.3 Å². The summed E-state index contributed by atoms with van der Waals surface area (Å²) in [5.41, 5.74) is 0. The zero-order valence-electron chi connectivity index (χ0n) is 9.46. The zero-order valence-corrected chi connectivity index (χ0v) is 9.46. The summed E-state index contributed by atoms with van der Waals surface area (Å²) in [6.07, 6.45) is 2.98. The molecule has 3 heteroatoms. The van der Waals surface area contributed by atoms with Crippen LogP contribution >= 0.6 is 0 Å². The minimum absolute atomic E-state index is 0.0611. The maximum Gasteiger partial charge on any atom is 0.222 e. The van der Waals surface area contributed by atoms with E-state index in [9.17, 15) is 9.59 Å². The Morgan fingerprint density at radius 2 is 1.79 bits per heavy atom. The molecule has 0 aliphatic heterocycles. The molecule has 0 spiro atoms. The SMILES string of the molecule is CC(C)CC(=O)N[C@H]([C]=O)CC(C)C. The van der Waals surface area contributed by atoms with Crippen molar-refractivity contribution in [2.45, 2.75) is 46.6 Å². The molecule has 1 radical (unpaired) electrons. The van der Waals surface area contributed by atoms with Gasteiger partial charge in [-0.3, -0.25) is 9.59 Å². The Morgan fingerprint density at radius 1 is 1.21 bits per heavy atom. The standard InChI is InChI=1S/C11H20NO2/c1-8(2)5-10(7-13)12-11(14)6-9(3)4/h8-10H,5-6H2,1-4H3,(H,12,14)/t10-/m0/s1. The molecule has 0 aliphatic rings. The number of amides is 1. The summed E-state index contributed by atoms with van der Waals surface area (Å²) in [7, 11) is 0. The molecule has 0 rings (SSSR count). The quantitative estimate of drug-likeness (QED) is 0.705. The second-order valence-electron chi connectivity index (χ2n) is 4.47. The van der Waals surface area contributed by atoms with Crippen LogP contribution in [-0.2, 0) is 9.59 Å². The van der Waals surface area contributed by atoms with Crippen molar-refractivity contribution in [2.75, 3.05) is 0 Å². The molecule has 0 aromatic heterocycles. The van der Waals surface area contributed by atoms with Gasteiger partial charge in [0.05, 0.1) is 6.04 Å². The Bertz CT molecular complexity index is 188. The summed E-state index contributed by atoms with van der Waals surface area (Å²) in [5, 5.41) is 2.67. The number of carbonyl (C=O) groups is 1. The van der Waals surface area contributed by atoms with Crippen molar-refractivity contribution >= 4 is 12.2 Å². The Kier molecular flexibility index (Phi) is 6.17. The van der Waals surface area contributed by atoms with Gasteiger partial charge in [-0.1, -0.05) is 27.7 Å². The highest BCUT2D eigenvalue weighted by Gasteiger charge is 2.14. The lowest BCUT2D eigenvalue weighted by Crippen LogP contribution is -2.37. The minimum atomic E-state index is -0.443. The van der Waals surface area contributed by atoms with Gasteiger partial charge >= 0.3 is 0 Å². The topological polar surface area (TPSA) is 46.2 Å². The first-order valence-corrected chi connectivity index (χ1v) is 5.12. The van der Waals surface area contributed by atoms with Crippen molar-refractivity contribution < 1.29 is 9.59 Å². The van der Waals surface area contributed by atoms with Crippen molar-refractivity contribution in [3.8, 4) is 0 Å². The van der Waals surface area contributed by atoms with Crippen LogP contribution in [0.4, 0.5) is 0 Å². The van der Waals surface area contributed by atoms with Gasteiger partial charge in [-0.15, -0.1) is 0 Å². The molecule has 0 saturated heterocycles. The molecule has 0 aromatic rings. The average molecular weight is 198 g/mol. The maximum atomic E-state index is 11.3. The lowest BCUT2D eigenvalue weighted by molar-refractivity contribution is -0.122. The molecule has 0 heterocycles. The van der Waals surface area contributed by atoms with E-state index < -0.39 is 6.04 Å². The third kappa shape index (κ3) is 6.63. The Balaban J connectivity index is 3.92. The number of hydrogen-bond acceptors (Lipinski definition) is 2. The minimum Gasteiger partial charge on any atom is -0.346 e. The van der Waals surface area contributed by atoms with E-state index in [0.717, 1.165) is 0 Å². The van der Waals surface area contributed by atoms with Gasteiger partial charge in [0.25, 0.3) is 0 Å². The molecule has 1 amide bonds. The van der Waals surface area contributed by atoms with Gasteiger partial charge in [0.1, 0.15) is 0 Å². The van der Waals surface area contributed by atoms with Gasteiger partial charge in [0.15, 0.2) is 0 Å². The fraction of sp³-hybridized carbons (Fsp3) is 0.818. The van der Waals surface area contributed by atoms with E-state index in [-0.39, 0.29) is 5.91 Å². The second-order valence-corrected chi connectivity index (χ2v) is 4.47. The smallest absolute Gasteiger partial charge is 0.222 e. The molecule has 0 saturated carbocycles. The van der Waals surface area contributed by atoms with Crippen LogP contribution in [0.2, 0.25) is 0 Å². The van der Waals surface area contributed by atoms with Crippen molar-refractivity contribution in [1.82, 2.24) is 5.32 Å². The van der Waals surface area contributed by atoms with E-state index in [1.165, 1.54) is 0 Å². The zero-order chi connectivity index (χ0) is 11.1. The molecule has 1 N–H and O–H groups in total. The van der Waals surface area contributed by atoms with Crippen LogP contribution in [0.3, 0.4) is 0 Å². The highest BCUT2D eigenvalue weighted by molar-refractivity contribution is 5.79. The van der Waals surface area contributed by atoms with Gasteiger partial charge in [0.2, 0.25) is 12.2 Å². The van der Waals surface area contributed by atoms with E-state index in [2.05, 4.69) is 5.32 Å². The van der Waals surface area contributed by atoms with Gasteiger partial charge in [-0.25, -0.2) is 0 Å². The highest BCUT2D eigenvalue weighted by atomic mass is 16.2. The van der Waals surface area contributed by atoms with Crippen LogP contribution in [0.15, 0.2) is 0 Å². The maximum absolute atomic E-state index is 11.3. The summed E-state index contributed by atoms with van der Waals surface area (Å²) >= 11 is 0. The first-order chi connectivity index (χ1) is 6.45. The molecular weight excluding hydrogens is 178 g/mol. The number of hydrogen-bond donors (Lipinski definition) is 1. The Labute approximate surface area is 86.3 Å². The lowest BCUT2D eigenvalue weighted by Gasteiger charge is -2.14. The van der Waals surface area contributed by atoms with Crippen molar-refractivity contribution in [1.29, 1.82) is 0 Å². The van der Waals surface area contributed by atoms with Crippen molar-refractivity contribution in [2.24, 2.45) is 11.8 Å². The number of nitrogens with one attached hydrogen (secondary N) is 1. The van der Waals surface area contributed by atoms with E-state index in [0.29, 0.717) is 24.7 Å². The summed E-state index contributed by atoms with van der Waals surface area (Å²) in [4.78, 5) is 21.8. The molecule has 81 valence electrons. The summed E-state index contributed by atoms with van der Waals surface area (Å²) < 4.78 is 0.